The first-order chi connectivity index (χ1) is 11.6. The standard InChI is InChI=1S/C17H26N4O3/c22-12-18-8-13-2-1-3-14(6-13)9-19-16(24)21-5-4-17(11-21)7-15(23)20-10-17/h13-14H,1-11H2,(H,19,24)(H,20,23). The molecule has 3 rings (SSSR count). The minimum atomic E-state index is -0.0445. The largest absolute Gasteiger partial charge is 0.355 e. The van der Waals surface area contributed by atoms with E-state index in [1.54, 1.807) is 6.08 Å². The van der Waals surface area contributed by atoms with E-state index in [9.17, 15) is 14.4 Å². The molecule has 2 aliphatic heterocycles. The fourth-order valence-electron chi connectivity index (χ4n) is 4.41. The Balaban J connectivity index is 1.42. The Bertz CT molecular complexity index is 546. The summed E-state index contributed by atoms with van der Waals surface area (Å²) in [6.45, 7) is 3.32. The highest BCUT2D eigenvalue weighted by atomic mass is 16.2. The van der Waals surface area contributed by atoms with Gasteiger partial charge in [-0.05, 0) is 37.5 Å². The summed E-state index contributed by atoms with van der Waals surface area (Å²) in [5, 5.41) is 5.95. The first-order valence-corrected chi connectivity index (χ1v) is 8.93. The molecule has 2 saturated heterocycles. The van der Waals surface area contributed by atoms with E-state index >= 15 is 0 Å². The van der Waals surface area contributed by atoms with Gasteiger partial charge in [0, 0.05) is 38.0 Å². The van der Waals surface area contributed by atoms with E-state index in [0.29, 0.717) is 44.4 Å². The zero-order valence-corrected chi connectivity index (χ0v) is 14.1. The second-order valence-electron chi connectivity index (χ2n) is 7.64. The zero-order valence-electron chi connectivity index (χ0n) is 14.1. The van der Waals surface area contributed by atoms with Crippen molar-refractivity contribution in [3.8, 4) is 0 Å². The molecule has 3 atom stereocenters. The van der Waals surface area contributed by atoms with Crippen molar-refractivity contribution >= 4 is 18.0 Å². The van der Waals surface area contributed by atoms with Gasteiger partial charge in [0.1, 0.15) is 0 Å². The van der Waals surface area contributed by atoms with Gasteiger partial charge in [-0.3, -0.25) is 4.79 Å². The highest BCUT2D eigenvalue weighted by Crippen LogP contribution is 2.36. The maximum Gasteiger partial charge on any atom is 0.317 e. The van der Waals surface area contributed by atoms with E-state index in [1.807, 2.05) is 4.90 Å². The summed E-state index contributed by atoms with van der Waals surface area (Å²) < 4.78 is 0. The van der Waals surface area contributed by atoms with E-state index in [2.05, 4.69) is 15.6 Å². The molecule has 0 radical (unpaired) electrons. The number of aliphatic imine (C=N–C) groups is 1. The SMILES string of the molecule is O=C=NCC1CCCC(CNC(=O)N2CCC3(CNC(=O)C3)C2)C1. The van der Waals surface area contributed by atoms with Crippen LogP contribution >= 0.6 is 0 Å². The minimum absolute atomic E-state index is 0.0146. The van der Waals surface area contributed by atoms with Crippen molar-refractivity contribution in [2.45, 2.75) is 38.5 Å². The highest BCUT2D eigenvalue weighted by Gasteiger charge is 2.45. The molecule has 7 nitrogen and oxygen atoms in total. The average molecular weight is 334 g/mol. The van der Waals surface area contributed by atoms with E-state index in [0.717, 1.165) is 38.6 Å². The molecule has 0 aromatic rings. The summed E-state index contributed by atoms with van der Waals surface area (Å²) >= 11 is 0. The number of isocyanates is 1. The number of urea groups is 1. The lowest BCUT2D eigenvalue weighted by molar-refractivity contribution is -0.119. The van der Waals surface area contributed by atoms with Crippen molar-refractivity contribution in [2.75, 3.05) is 32.7 Å². The number of amides is 3. The van der Waals surface area contributed by atoms with E-state index in [-0.39, 0.29) is 17.4 Å². The molecule has 1 saturated carbocycles. The normalized spacial score (nSPS) is 32.5. The molecule has 132 valence electrons. The number of nitrogens with zero attached hydrogens (tertiary/aromatic N) is 2. The predicted octanol–water partition coefficient (Wildman–Crippen LogP) is 1.05. The second kappa shape index (κ2) is 7.34. The van der Waals surface area contributed by atoms with Crippen molar-refractivity contribution in [2.24, 2.45) is 22.2 Å². The monoisotopic (exact) mass is 334 g/mol. The summed E-state index contributed by atoms with van der Waals surface area (Å²) in [7, 11) is 0. The number of rotatable bonds is 4. The number of carbonyl (C=O) groups is 2. The Morgan fingerprint density at radius 2 is 2.25 bits per heavy atom. The fourth-order valence-corrected chi connectivity index (χ4v) is 4.41. The van der Waals surface area contributed by atoms with Crippen LogP contribution in [-0.4, -0.2) is 55.6 Å². The molecule has 3 unspecified atom stereocenters. The van der Waals surface area contributed by atoms with Crippen LogP contribution in [0.3, 0.4) is 0 Å². The lowest BCUT2D eigenvalue weighted by Gasteiger charge is -2.29. The zero-order chi connectivity index (χ0) is 17.0. The van der Waals surface area contributed by atoms with Gasteiger partial charge in [-0.1, -0.05) is 6.42 Å². The van der Waals surface area contributed by atoms with E-state index < -0.39 is 0 Å². The van der Waals surface area contributed by atoms with Gasteiger partial charge in [0.15, 0.2) is 0 Å². The van der Waals surface area contributed by atoms with Gasteiger partial charge in [0.2, 0.25) is 12.0 Å². The van der Waals surface area contributed by atoms with Crippen LogP contribution in [0.25, 0.3) is 0 Å². The Labute approximate surface area is 142 Å². The van der Waals surface area contributed by atoms with Crippen molar-refractivity contribution < 1.29 is 14.4 Å². The van der Waals surface area contributed by atoms with Crippen molar-refractivity contribution in [3.63, 3.8) is 0 Å². The van der Waals surface area contributed by atoms with Crippen LogP contribution in [0.2, 0.25) is 0 Å². The summed E-state index contributed by atoms with van der Waals surface area (Å²) in [5.41, 5.74) is -0.0445. The Hall–Kier alpha value is -1.88. The number of carbonyl (C=O) groups excluding carboxylic acids is 3. The van der Waals surface area contributed by atoms with E-state index in [1.165, 1.54) is 0 Å². The van der Waals surface area contributed by atoms with Gasteiger partial charge in [-0.15, -0.1) is 0 Å². The molecule has 24 heavy (non-hydrogen) atoms. The van der Waals surface area contributed by atoms with Crippen LogP contribution < -0.4 is 10.6 Å². The smallest absolute Gasteiger partial charge is 0.317 e. The van der Waals surface area contributed by atoms with Crippen molar-refractivity contribution in [1.82, 2.24) is 15.5 Å². The van der Waals surface area contributed by atoms with Gasteiger partial charge in [-0.25, -0.2) is 14.6 Å². The average Bonchev–Trinajstić information content (AvgIpc) is 3.17. The van der Waals surface area contributed by atoms with Crippen LogP contribution in [0.5, 0.6) is 0 Å². The molecule has 3 aliphatic rings. The molecule has 2 N–H and O–H groups in total. The van der Waals surface area contributed by atoms with E-state index in [4.69, 9.17) is 0 Å². The lowest BCUT2D eigenvalue weighted by Crippen LogP contribution is -2.42. The molecule has 0 aromatic carbocycles. The van der Waals surface area contributed by atoms with Gasteiger partial charge in [0.25, 0.3) is 0 Å². The number of hydrogen-bond donors (Lipinski definition) is 2. The molecule has 3 amide bonds. The molecule has 3 fully saturated rings. The summed E-state index contributed by atoms with van der Waals surface area (Å²) in [4.78, 5) is 39.6. The second-order valence-corrected chi connectivity index (χ2v) is 7.64. The van der Waals surface area contributed by atoms with Crippen molar-refractivity contribution in [1.29, 1.82) is 0 Å². The number of likely N-dealkylation sites (tertiary alicyclic amines) is 1. The van der Waals surface area contributed by atoms with Crippen LogP contribution in [0.4, 0.5) is 4.79 Å². The highest BCUT2D eigenvalue weighted by molar-refractivity contribution is 5.80. The van der Waals surface area contributed by atoms with Gasteiger partial charge in [0.05, 0.1) is 6.54 Å². The minimum Gasteiger partial charge on any atom is -0.355 e. The maximum absolute atomic E-state index is 12.4. The third-order valence-electron chi connectivity index (χ3n) is 5.77. The Morgan fingerprint density at radius 1 is 1.42 bits per heavy atom. The Kier molecular flexibility index (Phi) is 5.19. The molecule has 7 heteroatoms. The molecular weight excluding hydrogens is 308 g/mol. The Morgan fingerprint density at radius 3 is 3.00 bits per heavy atom. The summed E-state index contributed by atoms with van der Waals surface area (Å²) in [6, 6.07) is -0.0146. The summed E-state index contributed by atoms with van der Waals surface area (Å²) in [5.74, 6) is 0.997. The molecule has 1 aliphatic carbocycles. The molecular formula is C17H26N4O3. The molecule has 0 aromatic heterocycles. The third-order valence-corrected chi connectivity index (χ3v) is 5.77. The summed E-state index contributed by atoms with van der Waals surface area (Å²) in [6.07, 6.45) is 7.40. The van der Waals surface area contributed by atoms with Crippen LogP contribution in [-0.2, 0) is 9.59 Å². The number of nitrogens with one attached hydrogen (secondary N) is 2. The number of hydrogen-bond acceptors (Lipinski definition) is 4. The van der Waals surface area contributed by atoms with Crippen molar-refractivity contribution in [3.05, 3.63) is 0 Å². The van der Waals surface area contributed by atoms with Gasteiger partial charge >= 0.3 is 6.03 Å². The van der Waals surface area contributed by atoms with Crippen LogP contribution in [0.15, 0.2) is 4.99 Å². The molecule has 1 spiro atoms. The molecule has 0 bridgehead atoms. The molecule has 2 heterocycles. The van der Waals surface area contributed by atoms with Crippen LogP contribution in [0.1, 0.15) is 38.5 Å². The first kappa shape index (κ1) is 17.0. The van der Waals surface area contributed by atoms with Gasteiger partial charge in [-0.2, -0.15) is 0 Å². The lowest BCUT2D eigenvalue weighted by atomic mass is 9.81. The first-order valence-electron chi connectivity index (χ1n) is 8.93. The fraction of sp³-hybridized carbons (Fsp3) is 0.824. The third kappa shape index (κ3) is 3.96. The van der Waals surface area contributed by atoms with Crippen LogP contribution in [0, 0.1) is 17.3 Å². The topological polar surface area (TPSA) is 90.9 Å². The quantitative estimate of drug-likeness (QED) is 0.595. The maximum atomic E-state index is 12.4. The predicted molar refractivity (Wildman–Crippen MR) is 88.1 cm³/mol. The van der Waals surface area contributed by atoms with Gasteiger partial charge < -0.3 is 15.5 Å².